The van der Waals surface area contributed by atoms with Gasteiger partial charge in [0.1, 0.15) is 5.82 Å². The highest BCUT2D eigenvalue weighted by molar-refractivity contribution is 6.36. The zero-order chi connectivity index (χ0) is 14.7. The van der Waals surface area contributed by atoms with E-state index in [1.165, 1.54) is 12.1 Å². The van der Waals surface area contributed by atoms with E-state index in [0.717, 1.165) is 16.7 Å². The quantitative estimate of drug-likeness (QED) is 0.656. The van der Waals surface area contributed by atoms with Gasteiger partial charge in [0.2, 0.25) is 0 Å². The number of hydrogen-bond acceptors (Lipinski definition) is 2. The van der Waals surface area contributed by atoms with Crippen molar-refractivity contribution in [2.24, 2.45) is 5.84 Å². The molecule has 0 aliphatic heterocycles. The van der Waals surface area contributed by atoms with Gasteiger partial charge in [-0.2, -0.15) is 0 Å². The normalized spacial score (nSPS) is 12.4. The van der Waals surface area contributed by atoms with E-state index in [9.17, 15) is 4.39 Å². The maximum atomic E-state index is 13.4. The summed E-state index contributed by atoms with van der Waals surface area (Å²) in [5.74, 6) is 5.35. The Morgan fingerprint density at radius 2 is 1.85 bits per heavy atom. The molecule has 2 nitrogen and oxygen atoms in total. The van der Waals surface area contributed by atoms with Gasteiger partial charge in [0.15, 0.2) is 0 Å². The van der Waals surface area contributed by atoms with Gasteiger partial charge in [-0.15, -0.1) is 0 Å². The molecule has 2 rings (SSSR count). The van der Waals surface area contributed by atoms with Crippen LogP contribution < -0.4 is 11.3 Å². The van der Waals surface area contributed by atoms with Crippen LogP contribution in [0, 0.1) is 12.7 Å². The van der Waals surface area contributed by atoms with Crippen LogP contribution in [0.1, 0.15) is 22.7 Å². The molecular formula is C15H15Cl2FN2. The summed E-state index contributed by atoms with van der Waals surface area (Å²) in [6.45, 7) is 1.93. The summed E-state index contributed by atoms with van der Waals surface area (Å²) in [6.07, 6.45) is 0.504. The van der Waals surface area contributed by atoms with Crippen LogP contribution in [0.15, 0.2) is 36.4 Å². The van der Waals surface area contributed by atoms with E-state index < -0.39 is 0 Å². The van der Waals surface area contributed by atoms with Crippen LogP contribution in [0.2, 0.25) is 10.0 Å². The largest absolute Gasteiger partial charge is 0.271 e. The summed E-state index contributed by atoms with van der Waals surface area (Å²) in [6, 6.07) is 9.69. The Labute approximate surface area is 127 Å². The van der Waals surface area contributed by atoms with Crippen LogP contribution in [-0.4, -0.2) is 0 Å². The molecule has 1 atom stereocenters. The van der Waals surface area contributed by atoms with Crippen LogP contribution in [0.25, 0.3) is 0 Å². The lowest BCUT2D eigenvalue weighted by Crippen LogP contribution is -2.30. The third-order valence-corrected chi connectivity index (χ3v) is 3.94. The van der Waals surface area contributed by atoms with Crippen molar-refractivity contribution in [1.82, 2.24) is 5.43 Å². The molecule has 0 aliphatic rings. The number of nitrogens with two attached hydrogens (primary N) is 1. The van der Waals surface area contributed by atoms with E-state index in [4.69, 9.17) is 29.0 Å². The predicted molar refractivity (Wildman–Crippen MR) is 81.4 cm³/mol. The van der Waals surface area contributed by atoms with Gasteiger partial charge in [0.05, 0.1) is 6.04 Å². The van der Waals surface area contributed by atoms with Gasteiger partial charge in [-0.3, -0.25) is 11.3 Å². The minimum atomic E-state index is -0.281. The Morgan fingerprint density at radius 3 is 2.45 bits per heavy atom. The Morgan fingerprint density at radius 1 is 1.20 bits per heavy atom. The Balaban J connectivity index is 2.36. The Hall–Kier alpha value is -1.13. The third-order valence-electron chi connectivity index (χ3n) is 3.28. The lowest BCUT2D eigenvalue weighted by atomic mass is 9.96. The molecular weight excluding hydrogens is 298 g/mol. The Bertz CT molecular complexity index is 597. The standard InChI is InChI=1S/C15H15Cl2FN2/c1-9-5-6-11(18)7-10(9)8-14(20-19)15-12(16)3-2-4-13(15)17/h2-7,14,20H,8,19H2,1H3. The molecule has 0 heterocycles. The highest BCUT2D eigenvalue weighted by Gasteiger charge is 2.18. The van der Waals surface area contributed by atoms with Gasteiger partial charge < -0.3 is 0 Å². The molecule has 106 valence electrons. The highest BCUT2D eigenvalue weighted by Crippen LogP contribution is 2.32. The lowest BCUT2D eigenvalue weighted by molar-refractivity contribution is 0.547. The smallest absolute Gasteiger partial charge is 0.123 e. The number of benzene rings is 2. The monoisotopic (exact) mass is 312 g/mol. The average molecular weight is 313 g/mol. The molecule has 0 amide bonds. The van der Waals surface area contributed by atoms with Crippen molar-refractivity contribution in [3.05, 3.63) is 69.0 Å². The van der Waals surface area contributed by atoms with Gasteiger partial charge in [-0.1, -0.05) is 35.3 Å². The van der Waals surface area contributed by atoms with E-state index >= 15 is 0 Å². The topological polar surface area (TPSA) is 38.0 Å². The summed E-state index contributed by atoms with van der Waals surface area (Å²) < 4.78 is 13.4. The summed E-state index contributed by atoms with van der Waals surface area (Å²) in [7, 11) is 0. The number of rotatable bonds is 4. The minimum absolute atomic E-state index is 0.272. The number of aryl methyl sites for hydroxylation is 1. The zero-order valence-corrected chi connectivity index (χ0v) is 12.5. The fourth-order valence-electron chi connectivity index (χ4n) is 2.17. The number of halogens is 3. The van der Waals surface area contributed by atoms with Crippen LogP contribution >= 0.6 is 23.2 Å². The van der Waals surface area contributed by atoms with Crippen LogP contribution in [0.3, 0.4) is 0 Å². The lowest BCUT2D eigenvalue weighted by Gasteiger charge is -2.20. The molecule has 5 heteroatoms. The second kappa shape index (κ2) is 6.55. The average Bonchev–Trinajstić information content (AvgIpc) is 2.41. The van der Waals surface area contributed by atoms with Crippen molar-refractivity contribution in [2.45, 2.75) is 19.4 Å². The highest BCUT2D eigenvalue weighted by atomic mass is 35.5. The van der Waals surface area contributed by atoms with E-state index in [1.54, 1.807) is 24.3 Å². The fraction of sp³-hybridized carbons (Fsp3) is 0.200. The molecule has 0 spiro atoms. The molecule has 0 aromatic heterocycles. The number of hydrazine groups is 1. The molecule has 0 radical (unpaired) electrons. The van der Waals surface area contributed by atoms with Gasteiger partial charge >= 0.3 is 0 Å². The molecule has 0 aliphatic carbocycles. The summed E-state index contributed by atoms with van der Waals surface area (Å²) in [4.78, 5) is 0. The van der Waals surface area contributed by atoms with Crippen molar-refractivity contribution in [3.8, 4) is 0 Å². The van der Waals surface area contributed by atoms with Crippen LogP contribution in [-0.2, 0) is 6.42 Å². The second-order valence-corrected chi connectivity index (χ2v) is 5.44. The SMILES string of the molecule is Cc1ccc(F)cc1CC(NN)c1c(Cl)cccc1Cl. The molecule has 2 aromatic carbocycles. The first-order valence-corrected chi connectivity index (χ1v) is 6.93. The third kappa shape index (κ3) is 3.30. The molecule has 0 saturated heterocycles. The van der Waals surface area contributed by atoms with E-state index in [-0.39, 0.29) is 11.9 Å². The van der Waals surface area contributed by atoms with Crippen molar-refractivity contribution < 1.29 is 4.39 Å². The minimum Gasteiger partial charge on any atom is -0.271 e. The molecule has 0 saturated carbocycles. The predicted octanol–water partition coefficient (Wildman–Crippen LogP) is 4.19. The molecule has 2 aromatic rings. The van der Waals surface area contributed by atoms with Gasteiger partial charge in [-0.05, 0) is 48.7 Å². The second-order valence-electron chi connectivity index (χ2n) is 4.63. The van der Waals surface area contributed by atoms with Crippen molar-refractivity contribution in [2.75, 3.05) is 0 Å². The number of nitrogens with one attached hydrogen (secondary N) is 1. The summed E-state index contributed by atoms with van der Waals surface area (Å²) in [5, 5.41) is 1.07. The van der Waals surface area contributed by atoms with Crippen LogP contribution in [0.4, 0.5) is 4.39 Å². The van der Waals surface area contributed by atoms with E-state index in [0.29, 0.717) is 16.5 Å². The van der Waals surface area contributed by atoms with Crippen molar-refractivity contribution in [3.63, 3.8) is 0 Å². The molecule has 0 bridgehead atoms. The number of hydrogen-bond donors (Lipinski definition) is 2. The molecule has 3 N–H and O–H groups in total. The molecule has 1 unspecified atom stereocenters. The van der Waals surface area contributed by atoms with Crippen molar-refractivity contribution in [1.29, 1.82) is 0 Å². The van der Waals surface area contributed by atoms with E-state index in [2.05, 4.69) is 5.43 Å². The zero-order valence-electron chi connectivity index (χ0n) is 11.0. The van der Waals surface area contributed by atoms with Crippen molar-refractivity contribution >= 4 is 23.2 Å². The Kier molecular flexibility index (Phi) is 5.00. The first-order valence-electron chi connectivity index (χ1n) is 6.18. The maximum absolute atomic E-state index is 13.4. The van der Waals surface area contributed by atoms with E-state index in [1.807, 2.05) is 6.92 Å². The summed E-state index contributed by atoms with van der Waals surface area (Å²) in [5.41, 5.74) is 5.29. The van der Waals surface area contributed by atoms with Gasteiger partial charge in [0.25, 0.3) is 0 Å². The van der Waals surface area contributed by atoms with Gasteiger partial charge in [-0.25, -0.2) is 4.39 Å². The first kappa shape index (κ1) is 15.3. The fourth-order valence-corrected chi connectivity index (χ4v) is 2.83. The molecule has 20 heavy (non-hydrogen) atoms. The maximum Gasteiger partial charge on any atom is 0.123 e. The first-order chi connectivity index (χ1) is 9.52. The van der Waals surface area contributed by atoms with Gasteiger partial charge in [0, 0.05) is 15.6 Å². The molecule has 0 fully saturated rings. The van der Waals surface area contributed by atoms with Crippen LogP contribution in [0.5, 0.6) is 0 Å². The summed E-state index contributed by atoms with van der Waals surface area (Å²) >= 11 is 12.4.